The molecule has 0 fully saturated rings. The van der Waals surface area contributed by atoms with Gasteiger partial charge in [-0.25, -0.2) is 4.79 Å². The molecule has 3 N–H and O–H groups in total. The van der Waals surface area contributed by atoms with E-state index in [1.807, 2.05) is 0 Å². The lowest BCUT2D eigenvalue weighted by atomic mass is 10.2. The summed E-state index contributed by atoms with van der Waals surface area (Å²) in [5.74, 6) is -1.08. The zero-order chi connectivity index (χ0) is 20.1. The summed E-state index contributed by atoms with van der Waals surface area (Å²) in [7, 11) is 2.83. The van der Waals surface area contributed by atoms with Gasteiger partial charge < -0.3 is 19.9 Å². The Morgan fingerprint density at radius 2 is 1.70 bits per heavy atom. The molecule has 142 valence electrons. The molecule has 0 saturated carbocycles. The van der Waals surface area contributed by atoms with E-state index in [1.54, 1.807) is 6.07 Å². The first kappa shape index (κ1) is 20.8. The molecule has 0 aliphatic heterocycles. The number of benzene rings is 2. The van der Waals surface area contributed by atoms with Crippen LogP contribution >= 0.6 is 35.4 Å². The third-order valence-corrected chi connectivity index (χ3v) is 4.16. The van der Waals surface area contributed by atoms with E-state index in [4.69, 9.17) is 50.0 Å². The van der Waals surface area contributed by atoms with Crippen LogP contribution < -0.4 is 20.1 Å². The van der Waals surface area contributed by atoms with Crippen molar-refractivity contribution in [1.82, 2.24) is 5.32 Å². The maximum atomic E-state index is 12.3. The number of thiocarbonyl (C=S) groups is 1. The second kappa shape index (κ2) is 8.90. The van der Waals surface area contributed by atoms with Crippen molar-refractivity contribution in [2.75, 3.05) is 19.5 Å². The Kier molecular flexibility index (Phi) is 6.84. The molecule has 0 spiro atoms. The van der Waals surface area contributed by atoms with E-state index in [2.05, 4.69) is 10.6 Å². The van der Waals surface area contributed by atoms with Crippen molar-refractivity contribution in [2.24, 2.45) is 0 Å². The van der Waals surface area contributed by atoms with Crippen LogP contribution in [0.1, 0.15) is 20.7 Å². The SMILES string of the molecule is COc1ccc(C(=O)NC(=S)Nc2cc(C(=O)O)cc(Cl)c2OC)cc1Cl. The van der Waals surface area contributed by atoms with Crippen molar-refractivity contribution in [3.05, 3.63) is 51.5 Å². The Labute approximate surface area is 170 Å². The molecule has 2 aromatic rings. The van der Waals surface area contributed by atoms with E-state index in [0.29, 0.717) is 5.75 Å². The number of anilines is 1. The summed E-state index contributed by atoms with van der Waals surface area (Å²) in [6.45, 7) is 0. The fourth-order valence-electron chi connectivity index (χ4n) is 2.15. The summed E-state index contributed by atoms with van der Waals surface area (Å²) in [4.78, 5) is 23.5. The first-order valence-electron chi connectivity index (χ1n) is 7.33. The van der Waals surface area contributed by atoms with Crippen molar-refractivity contribution in [1.29, 1.82) is 0 Å². The van der Waals surface area contributed by atoms with Crippen LogP contribution in [0.15, 0.2) is 30.3 Å². The van der Waals surface area contributed by atoms with E-state index in [-0.39, 0.29) is 37.7 Å². The molecule has 0 aliphatic carbocycles. The molecule has 27 heavy (non-hydrogen) atoms. The van der Waals surface area contributed by atoms with E-state index in [9.17, 15) is 9.59 Å². The first-order chi connectivity index (χ1) is 12.8. The molecule has 0 aromatic heterocycles. The minimum Gasteiger partial charge on any atom is -0.495 e. The van der Waals surface area contributed by atoms with E-state index in [0.717, 1.165) is 0 Å². The molecule has 0 saturated heterocycles. The topological polar surface area (TPSA) is 96.9 Å². The van der Waals surface area contributed by atoms with E-state index in [1.165, 1.54) is 38.5 Å². The molecule has 0 atom stereocenters. The van der Waals surface area contributed by atoms with Crippen molar-refractivity contribution >= 4 is 58.1 Å². The highest BCUT2D eigenvalue weighted by Gasteiger charge is 2.16. The molecule has 0 bridgehead atoms. The molecule has 0 radical (unpaired) electrons. The second-order valence-corrected chi connectivity index (χ2v) is 6.32. The van der Waals surface area contributed by atoms with Gasteiger partial charge in [0.05, 0.1) is 35.5 Å². The smallest absolute Gasteiger partial charge is 0.335 e. The Bertz CT molecular complexity index is 920. The summed E-state index contributed by atoms with van der Waals surface area (Å²) < 4.78 is 10.2. The molecule has 0 aliphatic rings. The number of carboxylic acid groups (broad SMARTS) is 1. The number of carboxylic acids is 1. The van der Waals surface area contributed by atoms with Crippen molar-refractivity contribution in [3.63, 3.8) is 0 Å². The van der Waals surface area contributed by atoms with Gasteiger partial charge in [-0.15, -0.1) is 0 Å². The average Bonchev–Trinajstić information content (AvgIpc) is 2.61. The Morgan fingerprint density at radius 3 is 2.26 bits per heavy atom. The van der Waals surface area contributed by atoms with Crippen molar-refractivity contribution < 1.29 is 24.2 Å². The van der Waals surface area contributed by atoms with Gasteiger partial charge in [-0.3, -0.25) is 10.1 Å². The maximum Gasteiger partial charge on any atom is 0.335 e. The summed E-state index contributed by atoms with van der Waals surface area (Å²) in [6, 6.07) is 7.03. The summed E-state index contributed by atoms with van der Waals surface area (Å²) in [5.41, 5.74) is 0.383. The van der Waals surface area contributed by atoms with Gasteiger partial charge in [-0.1, -0.05) is 23.2 Å². The van der Waals surface area contributed by atoms with Crippen LogP contribution in [0, 0.1) is 0 Å². The number of amides is 1. The number of rotatable bonds is 5. The molecule has 7 nitrogen and oxygen atoms in total. The van der Waals surface area contributed by atoms with Crippen LogP contribution in [0.2, 0.25) is 10.0 Å². The lowest BCUT2D eigenvalue weighted by Gasteiger charge is -2.15. The lowest BCUT2D eigenvalue weighted by Crippen LogP contribution is -2.34. The average molecular weight is 429 g/mol. The standard InChI is InChI=1S/C17H14Cl2N2O5S/c1-25-13-4-3-8(5-10(13)18)15(22)21-17(27)20-12-7-9(16(23)24)6-11(19)14(12)26-2/h3-7H,1-2H3,(H,23,24)(H2,20,21,22,27). The fraction of sp³-hybridized carbons (Fsp3) is 0.118. The number of nitrogens with one attached hydrogen (secondary N) is 2. The number of aromatic carboxylic acids is 1. The summed E-state index contributed by atoms with van der Waals surface area (Å²) in [5, 5.41) is 14.6. The first-order valence-corrected chi connectivity index (χ1v) is 8.50. The number of ether oxygens (including phenoxy) is 2. The number of hydrogen-bond donors (Lipinski definition) is 3. The molecule has 1 amide bonds. The highest BCUT2D eigenvalue weighted by molar-refractivity contribution is 7.80. The number of halogens is 2. The van der Waals surface area contributed by atoms with Gasteiger partial charge in [0.2, 0.25) is 0 Å². The zero-order valence-corrected chi connectivity index (χ0v) is 16.5. The Balaban J connectivity index is 2.19. The predicted molar refractivity (Wildman–Crippen MR) is 107 cm³/mol. The third-order valence-electron chi connectivity index (χ3n) is 3.38. The van der Waals surface area contributed by atoms with Gasteiger partial charge in [0, 0.05) is 5.56 Å². The maximum absolute atomic E-state index is 12.3. The summed E-state index contributed by atoms with van der Waals surface area (Å²) >= 11 is 17.1. The van der Waals surface area contributed by atoms with Gasteiger partial charge >= 0.3 is 5.97 Å². The third kappa shape index (κ3) is 5.00. The largest absolute Gasteiger partial charge is 0.495 e. The Morgan fingerprint density at radius 1 is 1.04 bits per heavy atom. The predicted octanol–water partition coefficient (Wildman–Crippen LogP) is 3.84. The van der Waals surface area contributed by atoms with E-state index < -0.39 is 11.9 Å². The highest BCUT2D eigenvalue weighted by Crippen LogP contribution is 2.34. The molecule has 0 unspecified atom stereocenters. The molecule has 2 rings (SSSR count). The van der Waals surface area contributed by atoms with E-state index >= 15 is 0 Å². The minimum absolute atomic E-state index is 0.0700. The van der Waals surface area contributed by atoms with Gasteiger partial charge in [-0.05, 0) is 42.5 Å². The van der Waals surface area contributed by atoms with Crippen LogP contribution in [0.4, 0.5) is 5.69 Å². The Hall–Kier alpha value is -2.55. The quantitative estimate of drug-likeness (QED) is 0.622. The van der Waals surface area contributed by atoms with Gasteiger partial charge in [0.15, 0.2) is 10.9 Å². The molecule has 10 heteroatoms. The van der Waals surface area contributed by atoms with Crippen molar-refractivity contribution in [3.8, 4) is 11.5 Å². The van der Waals surface area contributed by atoms with Crippen LogP contribution in [-0.4, -0.2) is 36.3 Å². The molecular weight excluding hydrogens is 415 g/mol. The molecular formula is C17H14Cl2N2O5S. The molecule has 2 aromatic carbocycles. The van der Waals surface area contributed by atoms with Crippen LogP contribution in [0.25, 0.3) is 0 Å². The normalized spacial score (nSPS) is 10.1. The fourth-order valence-corrected chi connectivity index (χ4v) is 2.91. The summed E-state index contributed by atoms with van der Waals surface area (Å²) in [6.07, 6.45) is 0. The number of hydrogen-bond acceptors (Lipinski definition) is 5. The van der Waals surface area contributed by atoms with Crippen LogP contribution in [0.5, 0.6) is 11.5 Å². The monoisotopic (exact) mass is 428 g/mol. The van der Waals surface area contributed by atoms with Gasteiger partial charge in [0.1, 0.15) is 5.75 Å². The number of carbonyl (C=O) groups is 2. The lowest BCUT2D eigenvalue weighted by molar-refractivity contribution is 0.0696. The van der Waals surface area contributed by atoms with Gasteiger partial charge in [0.25, 0.3) is 5.91 Å². The highest BCUT2D eigenvalue weighted by atomic mass is 35.5. The van der Waals surface area contributed by atoms with Gasteiger partial charge in [-0.2, -0.15) is 0 Å². The van der Waals surface area contributed by atoms with Crippen LogP contribution in [0.3, 0.4) is 0 Å². The second-order valence-electron chi connectivity index (χ2n) is 5.10. The number of carbonyl (C=O) groups excluding carboxylic acids is 1. The van der Waals surface area contributed by atoms with Crippen LogP contribution in [-0.2, 0) is 0 Å². The minimum atomic E-state index is -1.18. The zero-order valence-electron chi connectivity index (χ0n) is 14.1. The number of methoxy groups -OCH3 is 2. The van der Waals surface area contributed by atoms with Crippen molar-refractivity contribution in [2.45, 2.75) is 0 Å². The molecule has 0 heterocycles.